The number of benzene rings is 2. The number of fused-ring (bicyclic) bond motifs is 1. The number of carbonyl (C=O) groups is 3. The van der Waals surface area contributed by atoms with E-state index in [1.54, 1.807) is 26.0 Å². The number of rotatable bonds is 6. The van der Waals surface area contributed by atoms with Gasteiger partial charge in [-0.05, 0) is 50.2 Å². The van der Waals surface area contributed by atoms with Gasteiger partial charge in [0, 0.05) is 6.04 Å². The molecular formula is C19H18N2O6S. The summed E-state index contributed by atoms with van der Waals surface area (Å²) in [4.78, 5) is 37.5. The summed E-state index contributed by atoms with van der Waals surface area (Å²) >= 11 is 0. The quantitative estimate of drug-likeness (QED) is 0.583. The van der Waals surface area contributed by atoms with Crippen LogP contribution in [0.15, 0.2) is 53.4 Å². The zero-order valence-corrected chi connectivity index (χ0v) is 16.0. The average Bonchev–Trinajstić information content (AvgIpc) is 2.90. The molecule has 0 atom stereocenters. The number of ether oxygens (including phenoxy) is 1. The zero-order valence-electron chi connectivity index (χ0n) is 15.2. The molecule has 0 bridgehead atoms. The molecule has 0 spiro atoms. The monoisotopic (exact) mass is 402 g/mol. The normalized spacial score (nSPS) is 13.8. The van der Waals surface area contributed by atoms with Gasteiger partial charge in [-0.1, -0.05) is 12.1 Å². The van der Waals surface area contributed by atoms with Gasteiger partial charge in [-0.3, -0.25) is 9.59 Å². The fourth-order valence-corrected chi connectivity index (χ4v) is 3.96. The summed E-state index contributed by atoms with van der Waals surface area (Å²) < 4.78 is 31.7. The molecule has 8 nitrogen and oxygen atoms in total. The lowest BCUT2D eigenvalue weighted by atomic mass is 10.1. The second kappa shape index (κ2) is 7.53. The molecule has 0 aliphatic carbocycles. The van der Waals surface area contributed by atoms with Gasteiger partial charge in [-0.25, -0.2) is 22.8 Å². The number of imide groups is 1. The van der Waals surface area contributed by atoms with Gasteiger partial charge in [-0.15, -0.1) is 0 Å². The lowest BCUT2D eigenvalue weighted by Gasteiger charge is -2.14. The van der Waals surface area contributed by atoms with Crippen LogP contribution in [0.4, 0.5) is 0 Å². The number of nitrogens with one attached hydrogen (secondary N) is 1. The molecule has 0 saturated heterocycles. The first-order valence-corrected chi connectivity index (χ1v) is 9.94. The molecule has 0 radical (unpaired) electrons. The molecule has 9 heteroatoms. The van der Waals surface area contributed by atoms with Crippen molar-refractivity contribution in [2.75, 3.05) is 6.73 Å². The van der Waals surface area contributed by atoms with Crippen LogP contribution in [0.5, 0.6) is 0 Å². The van der Waals surface area contributed by atoms with Crippen LogP contribution in [0.25, 0.3) is 0 Å². The van der Waals surface area contributed by atoms with E-state index in [4.69, 9.17) is 4.74 Å². The largest absolute Gasteiger partial charge is 0.440 e. The van der Waals surface area contributed by atoms with Crippen LogP contribution in [-0.4, -0.2) is 43.9 Å². The standard InChI is InChI=1S/C19H18N2O6S/c1-12(2)20-28(25,26)14-9-7-13(8-10-14)19(24)27-11-21-17(22)15-5-3-4-6-16(15)18(21)23/h3-10,12,20H,11H2,1-2H3. The molecule has 0 aromatic heterocycles. The number of hydrogen-bond acceptors (Lipinski definition) is 6. The molecule has 1 aliphatic rings. The van der Waals surface area contributed by atoms with E-state index in [1.807, 2.05) is 0 Å². The van der Waals surface area contributed by atoms with Crippen LogP contribution in [0, 0.1) is 0 Å². The third kappa shape index (κ3) is 3.80. The summed E-state index contributed by atoms with van der Waals surface area (Å²) in [5.41, 5.74) is 0.617. The van der Waals surface area contributed by atoms with E-state index in [0.717, 1.165) is 4.90 Å². The van der Waals surface area contributed by atoms with E-state index >= 15 is 0 Å². The Morgan fingerprint density at radius 1 is 1.00 bits per heavy atom. The second-order valence-corrected chi connectivity index (χ2v) is 8.16. The Morgan fingerprint density at radius 3 is 2.04 bits per heavy atom. The highest BCUT2D eigenvalue weighted by molar-refractivity contribution is 7.89. The lowest BCUT2D eigenvalue weighted by molar-refractivity contribution is 0.0228. The minimum Gasteiger partial charge on any atom is -0.440 e. The van der Waals surface area contributed by atoms with Gasteiger partial charge in [0.05, 0.1) is 21.6 Å². The van der Waals surface area contributed by atoms with Crippen LogP contribution in [0.3, 0.4) is 0 Å². The van der Waals surface area contributed by atoms with Crippen molar-refractivity contribution in [1.29, 1.82) is 0 Å². The smallest absolute Gasteiger partial charge is 0.339 e. The second-order valence-electron chi connectivity index (χ2n) is 6.45. The Kier molecular flexibility index (Phi) is 5.30. The van der Waals surface area contributed by atoms with E-state index in [2.05, 4.69) is 4.72 Å². The minimum atomic E-state index is -3.67. The van der Waals surface area contributed by atoms with E-state index in [1.165, 1.54) is 36.4 Å². The predicted octanol–water partition coefficient (Wildman–Crippen LogP) is 1.78. The summed E-state index contributed by atoms with van der Waals surface area (Å²) in [6.07, 6.45) is 0. The maximum Gasteiger partial charge on any atom is 0.339 e. The molecule has 2 aromatic rings. The number of carbonyl (C=O) groups excluding carboxylic acids is 3. The summed E-state index contributed by atoms with van der Waals surface area (Å²) in [7, 11) is -3.67. The Hall–Kier alpha value is -3.04. The van der Waals surface area contributed by atoms with Crippen LogP contribution >= 0.6 is 0 Å². The third-order valence-electron chi connectivity index (χ3n) is 3.99. The fourth-order valence-electron chi connectivity index (χ4n) is 2.71. The number of hydrogen-bond donors (Lipinski definition) is 1. The number of amides is 2. The van der Waals surface area contributed by atoms with E-state index in [0.29, 0.717) is 0 Å². The zero-order chi connectivity index (χ0) is 20.5. The maximum absolute atomic E-state index is 12.2. The molecular weight excluding hydrogens is 384 g/mol. The molecule has 3 rings (SSSR count). The van der Waals surface area contributed by atoms with Gasteiger partial charge in [0.1, 0.15) is 0 Å². The van der Waals surface area contributed by atoms with E-state index in [-0.39, 0.29) is 27.6 Å². The SMILES string of the molecule is CC(C)NS(=O)(=O)c1ccc(C(=O)OCN2C(=O)c3ccccc3C2=O)cc1. The highest BCUT2D eigenvalue weighted by Gasteiger charge is 2.35. The van der Waals surface area contributed by atoms with Crippen molar-refractivity contribution in [2.24, 2.45) is 0 Å². The maximum atomic E-state index is 12.2. The Balaban J connectivity index is 1.66. The van der Waals surface area contributed by atoms with Gasteiger partial charge >= 0.3 is 5.97 Å². The number of nitrogens with zero attached hydrogens (tertiary/aromatic N) is 1. The topological polar surface area (TPSA) is 110 Å². The van der Waals surface area contributed by atoms with Gasteiger partial charge in [0.25, 0.3) is 11.8 Å². The number of sulfonamides is 1. The molecule has 1 aliphatic heterocycles. The summed E-state index contributed by atoms with van der Waals surface area (Å²) in [6.45, 7) is 2.87. The van der Waals surface area contributed by atoms with Gasteiger partial charge in [-0.2, -0.15) is 0 Å². The number of esters is 1. The first-order chi connectivity index (χ1) is 13.2. The van der Waals surface area contributed by atoms with Crippen molar-refractivity contribution >= 4 is 27.8 Å². The first kappa shape index (κ1) is 19.7. The first-order valence-electron chi connectivity index (χ1n) is 8.45. The molecule has 28 heavy (non-hydrogen) atoms. The molecule has 1 heterocycles. The highest BCUT2D eigenvalue weighted by atomic mass is 32.2. The summed E-state index contributed by atoms with van der Waals surface area (Å²) in [5.74, 6) is -1.85. The van der Waals surface area contributed by atoms with Crippen LogP contribution in [-0.2, 0) is 14.8 Å². The van der Waals surface area contributed by atoms with Crippen molar-refractivity contribution in [1.82, 2.24) is 9.62 Å². The van der Waals surface area contributed by atoms with Crippen LogP contribution in [0.2, 0.25) is 0 Å². The molecule has 2 aromatic carbocycles. The molecule has 0 saturated carbocycles. The minimum absolute atomic E-state index is 0.0121. The van der Waals surface area contributed by atoms with Crippen molar-refractivity contribution in [3.63, 3.8) is 0 Å². The molecule has 1 N–H and O–H groups in total. The van der Waals surface area contributed by atoms with Gasteiger partial charge in [0.15, 0.2) is 6.73 Å². The molecule has 0 unspecified atom stereocenters. The highest BCUT2D eigenvalue weighted by Crippen LogP contribution is 2.22. The van der Waals surface area contributed by atoms with Crippen molar-refractivity contribution in [3.05, 3.63) is 65.2 Å². The summed E-state index contributed by atoms with van der Waals surface area (Å²) in [6, 6.07) is 11.2. The fraction of sp³-hybridized carbons (Fsp3) is 0.211. The predicted molar refractivity (Wildman–Crippen MR) is 99.1 cm³/mol. The van der Waals surface area contributed by atoms with Crippen LogP contribution < -0.4 is 4.72 Å². The molecule has 0 fully saturated rings. The van der Waals surface area contributed by atoms with Crippen molar-refractivity contribution in [2.45, 2.75) is 24.8 Å². The van der Waals surface area contributed by atoms with Crippen molar-refractivity contribution in [3.8, 4) is 0 Å². The molecule has 146 valence electrons. The average molecular weight is 402 g/mol. The van der Waals surface area contributed by atoms with Crippen LogP contribution in [0.1, 0.15) is 44.9 Å². The Labute approximate surface area is 162 Å². The third-order valence-corrected chi connectivity index (χ3v) is 5.67. The van der Waals surface area contributed by atoms with E-state index < -0.39 is 34.5 Å². The lowest BCUT2D eigenvalue weighted by Crippen LogP contribution is -2.33. The Bertz CT molecular complexity index is 1010. The Morgan fingerprint density at radius 2 is 1.54 bits per heavy atom. The molecule has 2 amide bonds. The van der Waals surface area contributed by atoms with Gasteiger partial charge in [0.2, 0.25) is 10.0 Å². The van der Waals surface area contributed by atoms with Gasteiger partial charge < -0.3 is 4.74 Å². The summed E-state index contributed by atoms with van der Waals surface area (Å²) in [5, 5.41) is 0. The van der Waals surface area contributed by atoms with Crippen molar-refractivity contribution < 1.29 is 27.5 Å². The van der Waals surface area contributed by atoms with E-state index in [9.17, 15) is 22.8 Å².